The van der Waals surface area contributed by atoms with E-state index in [9.17, 15) is 4.79 Å². The lowest BCUT2D eigenvalue weighted by Gasteiger charge is -2.28. The number of hydrogen-bond acceptors (Lipinski definition) is 9. The van der Waals surface area contributed by atoms with Gasteiger partial charge in [-0.1, -0.05) is 18.0 Å². The Labute approximate surface area is 181 Å². The van der Waals surface area contributed by atoms with E-state index in [0.29, 0.717) is 29.5 Å². The summed E-state index contributed by atoms with van der Waals surface area (Å²) in [5.74, 6) is 0.938. The number of ether oxygens (including phenoxy) is 1. The van der Waals surface area contributed by atoms with Crippen molar-refractivity contribution in [3.63, 3.8) is 0 Å². The van der Waals surface area contributed by atoms with E-state index in [-0.39, 0.29) is 18.1 Å². The molecule has 31 heavy (non-hydrogen) atoms. The summed E-state index contributed by atoms with van der Waals surface area (Å²) < 4.78 is 15.9. The quantitative estimate of drug-likeness (QED) is 0.380. The van der Waals surface area contributed by atoms with Crippen LogP contribution in [-0.4, -0.2) is 51.7 Å². The minimum absolute atomic E-state index is 0.0293. The van der Waals surface area contributed by atoms with Gasteiger partial charge in [0.25, 0.3) is 5.71 Å². The van der Waals surface area contributed by atoms with Crippen LogP contribution in [0.3, 0.4) is 0 Å². The molecule has 0 spiro atoms. The molecule has 9 nitrogen and oxygen atoms in total. The van der Waals surface area contributed by atoms with Gasteiger partial charge in [0.2, 0.25) is 5.82 Å². The Hall–Kier alpha value is -2.94. The lowest BCUT2D eigenvalue weighted by Crippen LogP contribution is -2.34. The number of furan rings is 1. The Morgan fingerprint density at radius 2 is 2.16 bits per heavy atom. The number of anilines is 1. The lowest BCUT2D eigenvalue weighted by atomic mass is 10.2. The number of carbonyl (C=O) groups excluding carboxylic acids is 1. The van der Waals surface area contributed by atoms with Gasteiger partial charge in [-0.2, -0.15) is 4.98 Å². The number of carbonyl (C=O) groups is 1. The van der Waals surface area contributed by atoms with Gasteiger partial charge < -0.3 is 19.0 Å². The summed E-state index contributed by atoms with van der Waals surface area (Å²) in [6.45, 7) is 6.29. The standard InChI is InChI=1S/C22H29N5O4/c1-3-29-22(28)20-24-19(18-15(2)26-31-21(18)25-20)23-11-7-12-27(16-8-4-5-9-16)14-17-10-6-13-30-17/h6,10,13,16H,3-5,7-9,11-12,14H2,1-2H3,(H,23,24,25). The predicted octanol–water partition coefficient (Wildman–Crippen LogP) is 3.94. The lowest BCUT2D eigenvalue weighted by molar-refractivity contribution is 0.0512. The van der Waals surface area contributed by atoms with Gasteiger partial charge in [0.15, 0.2) is 0 Å². The molecule has 0 saturated heterocycles. The Balaban J connectivity index is 1.42. The molecule has 0 atom stereocenters. The normalized spacial score (nSPS) is 14.5. The summed E-state index contributed by atoms with van der Waals surface area (Å²) in [7, 11) is 0. The van der Waals surface area contributed by atoms with E-state index in [1.54, 1.807) is 13.2 Å². The Bertz CT molecular complexity index is 995. The number of nitrogens with one attached hydrogen (secondary N) is 1. The van der Waals surface area contributed by atoms with Crippen LogP contribution >= 0.6 is 0 Å². The van der Waals surface area contributed by atoms with E-state index in [0.717, 1.165) is 25.3 Å². The van der Waals surface area contributed by atoms with Crippen molar-refractivity contribution in [2.24, 2.45) is 0 Å². The Kier molecular flexibility index (Phi) is 6.81. The van der Waals surface area contributed by atoms with Gasteiger partial charge in [0.05, 0.1) is 25.1 Å². The van der Waals surface area contributed by atoms with Crippen molar-refractivity contribution in [3.05, 3.63) is 35.7 Å². The summed E-state index contributed by atoms with van der Waals surface area (Å²) in [6.07, 6.45) is 7.71. The summed E-state index contributed by atoms with van der Waals surface area (Å²) in [5, 5.41) is 8.00. The van der Waals surface area contributed by atoms with Crippen LogP contribution in [0.1, 0.15) is 61.1 Å². The number of fused-ring (bicyclic) bond motifs is 1. The zero-order valence-electron chi connectivity index (χ0n) is 18.1. The maximum atomic E-state index is 12.1. The molecule has 9 heteroatoms. The molecule has 1 fully saturated rings. The van der Waals surface area contributed by atoms with E-state index < -0.39 is 5.97 Å². The van der Waals surface area contributed by atoms with Gasteiger partial charge in [-0.25, -0.2) is 9.78 Å². The smallest absolute Gasteiger partial charge is 0.376 e. The van der Waals surface area contributed by atoms with Gasteiger partial charge in [-0.05, 0) is 45.2 Å². The SMILES string of the molecule is CCOC(=O)c1nc(NCCCN(Cc2ccco2)C2CCCC2)c2c(C)noc2n1. The summed E-state index contributed by atoms with van der Waals surface area (Å²) in [5.41, 5.74) is 0.960. The third-order valence-electron chi connectivity index (χ3n) is 5.66. The molecule has 3 aromatic rings. The molecule has 4 rings (SSSR count). The number of aromatic nitrogens is 3. The average Bonchev–Trinajstić information content (AvgIpc) is 3.53. The second-order valence-corrected chi connectivity index (χ2v) is 7.83. The second-order valence-electron chi connectivity index (χ2n) is 7.83. The topological polar surface area (TPSA) is 107 Å². The van der Waals surface area contributed by atoms with E-state index >= 15 is 0 Å². The Morgan fingerprint density at radius 3 is 2.90 bits per heavy atom. The van der Waals surface area contributed by atoms with E-state index in [2.05, 4.69) is 25.3 Å². The summed E-state index contributed by atoms with van der Waals surface area (Å²) in [6, 6.07) is 4.57. The number of esters is 1. The van der Waals surface area contributed by atoms with Crippen LogP contribution in [0, 0.1) is 6.92 Å². The van der Waals surface area contributed by atoms with Gasteiger partial charge in [-0.15, -0.1) is 0 Å². The molecule has 1 aliphatic rings. The highest BCUT2D eigenvalue weighted by atomic mass is 16.5. The molecule has 3 heterocycles. The molecular weight excluding hydrogens is 398 g/mol. The first-order valence-corrected chi connectivity index (χ1v) is 11.0. The van der Waals surface area contributed by atoms with Crippen molar-refractivity contribution in [1.29, 1.82) is 0 Å². The summed E-state index contributed by atoms with van der Waals surface area (Å²) in [4.78, 5) is 23.2. The predicted molar refractivity (Wildman–Crippen MR) is 115 cm³/mol. The van der Waals surface area contributed by atoms with Crippen LogP contribution in [-0.2, 0) is 11.3 Å². The molecule has 0 radical (unpaired) electrons. The molecule has 0 aromatic carbocycles. The van der Waals surface area contributed by atoms with E-state index in [1.165, 1.54) is 25.7 Å². The van der Waals surface area contributed by atoms with Crippen molar-refractivity contribution < 1.29 is 18.5 Å². The van der Waals surface area contributed by atoms with E-state index in [1.807, 2.05) is 19.1 Å². The molecule has 1 N–H and O–H groups in total. The monoisotopic (exact) mass is 427 g/mol. The molecule has 1 saturated carbocycles. The van der Waals surface area contributed by atoms with E-state index in [4.69, 9.17) is 13.7 Å². The first kappa shape index (κ1) is 21.3. The van der Waals surface area contributed by atoms with Crippen LogP contribution in [0.5, 0.6) is 0 Å². The maximum absolute atomic E-state index is 12.1. The molecule has 0 unspecified atom stereocenters. The van der Waals surface area contributed by atoms with Crippen LogP contribution in [0.4, 0.5) is 5.82 Å². The van der Waals surface area contributed by atoms with Crippen LogP contribution in [0.15, 0.2) is 27.3 Å². The fourth-order valence-corrected chi connectivity index (χ4v) is 4.16. The Morgan fingerprint density at radius 1 is 1.32 bits per heavy atom. The highest BCUT2D eigenvalue weighted by molar-refractivity contribution is 5.93. The average molecular weight is 428 g/mol. The van der Waals surface area contributed by atoms with Crippen molar-refractivity contribution in [1.82, 2.24) is 20.0 Å². The second kappa shape index (κ2) is 9.91. The minimum Gasteiger partial charge on any atom is -0.468 e. The molecular formula is C22H29N5O4. The maximum Gasteiger partial charge on any atom is 0.376 e. The number of hydrogen-bond donors (Lipinski definition) is 1. The number of nitrogens with zero attached hydrogens (tertiary/aromatic N) is 4. The summed E-state index contributed by atoms with van der Waals surface area (Å²) >= 11 is 0. The number of aryl methyl sites for hydroxylation is 1. The minimum atomic E-state index is -0.577. The molecule has 166 valence electrons. The first-order valence-electron chi connectivity index (χ1n) is 11.0. The zero-order valence-corrected chi connectivity index (χ0v) is 18.1. The largest absolute Gasteiger partial charge is 0.468 e. The van der Waals surface area contributed by atoms with Gasteiger partial charge in [-0.3, -0.25) is 4.90 Å². The first-order chi connectivity index (χ1) is 15.2. The molecule has 0 amide bonds. The fraction of sp³-hybridized carbons (Fsp3) is 0.545. The highest BCUT2D eigenvalue weighted by Gasteiger charge is 2.23. The third kappa shape index (κ3) is 5.04. The van der Waals surface area contributed by atoms with Crippen molar-refractivity contribution in [2.75, 3.05) is 25.0 Å². The van der Waals surface area contributed by atoms with Crippen LogP contribution in [0.25, 0.3) is 11.1 Å². The highest BCUT2D eigenvalue weighted by Crippen LogP contribution is 2.26. The van der Waals surface area contributed by atoms with Gasteiger partial charge in [0, 0.05) is 19.1 Å². The third-order valence-corrected chi connectivity index (χ3v) is 5.66. The number of rotatable bonds is 10. The van der Waals surface area contributed by atoms with Gasteiger partial charge >= 0.3 is 5.97 Å². The molecule has 1 aliphatic carbocycles. The van der Waals surface area contributed by atoms with Crippen LogP contribution < -0.4 is 5.32 Å². The van der Waals surface area contributed by atoms with Crippen molar-refractivity contribution >= 4 is 22.9 Å². The van der Waals surface area contributed by atoms with Crippen LogP contribution in [0.2, 0.25) is 0 Å². The van der Waals surface area contributed by atoms with Crippen molar-refractivity contribution in [3.8, 4) is 0 Å². The molecule has 0 bridgehead atoms. The molecule has 0 aliphatic heterocycles. The van der Waals surface area contributed by atoms with Gasteiger partial charge in [0.1, 0.15) is 17.0 Å². The zero-order chi connectivity index (χ0) is 21.6. The van der Waals surface area contributed by atoms with Crippen molar-refractivity contribution in [2.45, 2.75) is 58.5 Å². The fourth-order valence-electron chi connectivity index (χ4n) is 4.16. The molecule has 3 aromatic heterocycles.